The van der Waals surface area contributed by atoms with E-state index in [0.717, 1.165) is 63.2 Å². The van der Waals surface area contributed by atoms with Gasteiger partial charge in [0.05, 0.1) is 6.10 Å². The number of amides is 1. The van der Waals surface area contributed by atoms with E-state index in [0.29, 0.717) is 6.10 Å². The van der Waals surface area contributed by atoms with Gasteiger partial charge >= 0.3 is 0 Å². The number of hydrogen-bond donors (Lipinski definition) is 1. The van der Waals surface area contributed by atoms with Crippen LogP contribution in [0.4, 0.5) is 0 Å². The summed E-state index contributed by atoms with van der Waals surface area (Å²) in [6.45, 7) is 7.53. The van der Waals surface area contributed by atoms with E-state index < -0.39 is 0 Å². The van der Waals surface area contributed by atoms with Crippen molar-refractivity contribution in [2.24, 2.45) is 0 Å². The van der Waals surface area contributed by atoms with Gasteiger partial charge in [0.2, 0.25) is 0 Å². The molecule has 170 valence electrons. The predicted molar refractivity (Wildman–Crippen MR) is 131 cm³/mol. The van der Waals surface area contributed by atoms with Gasteiger partial charge in [0, 0.05) is 18.7 Å². The Morgan fingerprint density at radius 1 is 0.938 bits per heavy atom. The summed E-state index contributed by atoms with van der Waals surface area (Å²) in [5, 5.41) is 3.47. The normalized spacial score (nSPS) is 16.8. The van der Waals surface area contributed by atoms with Crippen molar-refractivity contribution < 1.29 is 9.53 Å². The summed E-state index contributed by atoms with van der Waals surface area (Å²) >= 11 is 0. The van der Waals surface area contributed by atoms with E-state index in [1.807, 2.05) is 30.9 Å². The van der Waals surface area contributed by atoms with Crippen molar-refractivity contribution >= 4 is 11.5 Å². The van der Waals surface area contributed by atoms with Gasteiger partial charge in [-0.1, -0.05) is 29.8 Å². The number of piperidine rings is 1. The van der Waals surface area contributed by atoms with E-state index in [2.05, 4.69) is 41.7 Å². The summed E-state index contributed by atoms with van der Waals surface area (Å²) in [5.74, 6) is 1.07. The lowest BCUT2D eigenvalue weighted by Gasteiger charge is -2.22. The van der Waals surface area contributed by atoms with E-state index in [-0.39, 0.29) is 5.91 Å². The summed E-state index contributed by atoms with van der Waals surface area (Å²) < 4.78 is 6.31. The molecule has 2 aromatic rings. The average molecular weight is 433 g/mol. The van der Waals surface area contributed by atoms with Crippen LogP contribution in [0, 0.1) is 0 Å². The smallest absolute Gasteiger partial charge is 0.253 e. The third-order valence-corrected chi connectivity index (χ3v) is 6.76. The van der Waals surface area contributed by atoms with E-state index in [4.69, 9.17) is 4.74 Å². The minimum absolute atomic E-state index is 0.101. The molecule has 1 amide bonds. The van der Waals surface area contributed by atoms with Gasteiger partial charge in [-0.2, -0.15) is 0 Å². The standard InChI is InChI=1S/C28H36N2O2/c1-3-30(4-2)28(31)23-14-12-21(13-15-23)27(22-16-18-29-19-17-22)24-8-7-11-26(20-24)32-25-9-5-6-10-25/h7-8,11-15,20,25,29H,3-6,9-10,16-19H2,1-2H3. The first-order valence-electron chi connectivity index (χ1n) is 12.3. The molecule has 1 aliphatic heterocycles. The van der Waals surface area contributed by atoms with Gasteiger partial charge in [-0.05, 0) is 106 Å². The fourth-order valence-corrected chi connectivity index (χ4v) is 4.95. The van der Waals surface area contributed by atoms with Crippen LogP contribution >= 0.6 is 0 Å². The summed E-state index contributed by atoms with van der Waals surface area (Å²) in [5.41, 5.74) is 5.91. The molecule has 1 aliphatic carbocycles. The molecule has 0 atom stereocenters. The van der Waals surface area contributed by atoms with Crippen LogP contribution in [0.3, 0.4) is 0 Å². The molecular weight excluding hydrogens is 396 g/mol. The Hall–Kier alpha value is -2.59. The van der Waals surface area contributed by atoms with Gasteiger partial charge in [-0.25, -0.2) is 0 Å². The zero-order valence-electron chi connectivity index (χ0n) is 19.5. The third kappa shape index (κ3) is 5.24. The number of ether oxygens (including phenoxy) is 1. The monoisotopic (exact) mass is 432 g/mol. The highest BCUT2D eigenvalue weighted by Gasteiger charge is 2.19. The van der Waals surface area contributed by atoms with Crippen LogP contribution in [-0.4, -0.2) is 43.1 Å². The van der Waals surface area contributed by atoms with Crippen molar-refractivity contribution in [3.05, 3.63) is 70.8 Å². The highest BCUT2D eigenvalue weighted by molar-refractivity contribution is 5.95. The average Bonchev–Trinajstić information content (AvgIpc) is 3.34. The van der Waals surface area contributed by atoms with Gasteiger partial charge in [0.1, 0.15) is 5.75 Å². The Morgan fingerprint density at radius 3 is 2.25 bits per heavy atom. The van der Waals surface area contributed by atoms with E-state index in [1.165, 1.54) is 35.1 Å². The minimum Gasteiger partial charge on any atom is -0.490 e. The van der Waals surface area contributed by atoms with Crippen molar-refractivity contribution in [1.29, 1.82) is 0 Å². The number of carbonyl (C=O) groups excluding carboxylic acids is 1. The number of rotatable bonds is 7. The topological polar surface area (TPSA) is 41.6 Å². The molecule has 0 spiro atoms. The summed E-state index contributed by atoms with van der Waals surface area (Å²) in [6, 6.07) is 16.8. The van der Waals surface area contributed by atoms with Crippen LogP contribution < -0.4 is 10.1 Å². The van der Waals surface area contributed by atoms with Crippen molar-refractivity contribution in [2.75, 3.05) is 26.2 Å². The molecule has 2 aliphatic rings. The maximum Gasteiger partial charge on any atom is 0.253 e. The van der Waals surface area contributed by atoms with Gasteiger partial charge in [-0.15, -0.1) is 0 Å². The molecule has 1 heterocycles. The van der Waals surface area contributed by atoms with Crippen LogP contribution in [-0.2, 0) is 0 Å². The zero-order valence-corrected chi connectivity index (χ0v) is 19.5. The largest absolute Gasteiger partial charge is 0.490 e. The molecule has 1 saturated heterocycles. The quantitative estimate of drug-likeness (QED) is 0.612. The molecule has 4 nitrogen and oxygen atoms in total. The first-order valence-corrected chi connectivity index (χ1v) is 12.3. The molecule has 0 unspecified atom stereocenters. The van der Waals surface area contributed by atoms with Crippen LogP contribution in [0.2, 0.25) is 0 Å². The van der Waals surface area contributed by atoms with Crippen LogP contribution in [0.15, 0.2) is 54.1 Å². The van der Waals surface area contributed by atoms with E-state index >= 15 is 0 Å². The number of nitrogens with zero attached hydrogens (tertiary/aromatic N) is 1. The van der Waals surface area contributed by atoms with Crippen molar-refractivity contribution in [2.45, 2.75) is 58.5 Å². The molecular formula is C28H36N2O2. The Bertz CT molecular complexity index is 930. The summed E-state index contributed by atoms with van der Waals surface area (Å²) in [7, 11) is 0. The van der Waals surface area contributed by atoms with E-state index in [9.17, 15) is 4.79 Å². The lowest BCUT2D eigenvalue weighted by atomic mass is 9.88. The lowest BCUT2D eigenvalue weighted by molar-refractivity contribution is 0.0773. The van der Waals surface area contributed by atoms with Crippen LogP contribution in [0.25, 0.3) is 5.57 Å². The Kier molecular flexibility index (Phi) is 7.64. The highest BCUT2D eigenvalue weighted by Crippen LogP contribution is 2.34. The minimum atomic E-state index is 0.101. The van der Waals surface area contributed by atoms with Gasteiger partial charge < -0.3 is 15.0 Å². The number of carbonyl (C=O) groups is 1. The summed E-state index contributed by atoms with van der Waals surface area (Å²) in [4.78, 5) is 14.6. The predicted octanol–water partition coefficient (Wildman–Crippen LogP) is 5.68. The molecule has 2 fully saturated rings. The maximum absolute atomic E-state index is 12.8. The fourth-order valence-electron chi connectivity index (χ4n) is 4.95. The molecule has 2 aromatic carbocycles. The van der Waals surface area contributed by atoms with Gasteiger partial charge in [0.15, 0.2) is 0 Å². The van der Waals surface area contributed by atoms with Crippen LogP contribution in [0.5, 0.6) is 5.75 Å². The molecule has 1 N–H and O–H groups in total. The molecule has 4 heteroatoms. The number of nitrogens with one attached hydrogen (secondary N) is 1. The first kappa shape index (κ1) is 22.6. The highest BCUT2D eigenvalue weighted by atomic mass is 16.5. The fraction of sp³-hybridized carbons (Fsp3) is 0.464. The SMILES string of the molecule is CCN(CC)C(=O)c1ccc(C(=C2CCNCC2)c2cccc(OC3CCCC3)c2)cc1. The molecule has 1 saturated carbocycles. The molecule has 4 rings (SSSR count). The summed E-state index contributed by atoms with van der Waals surface area (Å²) in [6.07, 6.45) is 7.30. The van der Waals surface area contributed by atoms with Crippen molar-refractivity contribution in [3.63, 3.8) is 0 Å². The zero-order chi connectivity index (χ0) is 22.3. The van der Waals surface area contributed by atoms with Crippen LogP contribution in [0.1, 0.15) is 73.9 Å². The molecule has 0 radical (unpaired) electrons. The van der Waals surface area contributed by atoms with E-state index in [1.54, 1.807) is 0 Å². The molecule has 0 aromatic heterocycles. The van der Waals surface area contributed by atoms with Crippen molar-refractivity contribution in [1.82, 2.24) is 10.2 Å². The second-order valence-corrected chi connectivity index (χ2v) is 8.84. The van der Waals surface area contributed by atoms with Crippen molar-refractivity contribution in [3.8, 4) is 5.75 Å². The number of hydrogen-bond acceptors (Lipinski definition) is 3. The number of benzene rings is 2. The Labute approximate surface area is 192 Å². The van der Waals surface area contributed by atoms with Gasteiger partial charge in [-0.3, -0.25) is 4.79 Å². The second-order valence-electron chi connectivity index (χ2n) is 8.84. The molecule has 0 bridgehead atoms. The van der Waals surface area contributed by atoms with Gasteiger partial charge in [0.25, 0.3) is 5.91 Å². The first-order chi connectivity index (χ1) is 15.7. The second kappa shape index (κ2) is 10.8. The Morgan fingerprint density at radius 2 is 1.59 bits per heavy atom. The molecule has 32 heavy (non-hydrogen) atoms. The third-order valence-electron chi connectivity index (χ3n) is 6.76. The lowest BCUT2D eigenvalue weighted by Crippen LogP contribution is -2.30. The maximum atomic E-state index is 12.8. The Balaban J connectivity index is 1.66.